The summed E-state index contributed by atoms with van der Waals surface area (Å²) >= 11 is 5.76. The highest BCUT2D eigenvalue weighted by Gasteiger charge is 2.38. The number of ketones is 1. The molecule has 1 N–H and O–H groups in total. The van der Waals surface area contributed by atoms with E-state index in [-0.39, 0.29) is 12.4 Å². The second-order valence-electron chi connectivity index (χ2n) is 4.18. The molecule has 1 atom stereocenters. The fourth-order valence-electron chi connectivity index (χ4n) is 1.86. The van der Waals surface area contributed by atoms with Gasteiger partial charge in [0.25, 0.3) is 0 Å². The average Bonchev–Trinajstić information content (AvgIpc) is 2.24. The number of rotatable bonds is 1. The predicted octanol–water partition coefficient (Wildman–Crippen LogP) is 1.86. The molecule has 0 radical (unpaired) electrons. The maximum atomic E-state index is 12.0. The molecule has 1 aliphatic carbocycles. The molecule has 0 spiro atoms. The van der Waals surface area contributed by atoms with Crippen molar-refractivity contribution in [3.63, 3.8) is 0 Å². The number of aliphatic hydroxyl groups is 1. The summed E-state index contributed by atoms with van der Waals surface area (Å²) in [6.07, 6.45) is 1.32. The number of pyridine rings is 1. The number of halogens is 1. The van der Waals surface area contributed by atoms with Crippen molar-refractivity contribution < 1.29 is 9.90 Å². The van der Waals surface area contributed by atoms with Crippen molar-refractivity contribution in [2.24, 2.45) is 5.41 Å². The molecule has 4 heteroatoms. The Morgan fingerprint density at radius 3 is 3.00 bits per heavy atom. The maximum Gasteiger partial charge on any atom is 0.172 e. The zero-order valence-corrected chi connectivity index (χ0v) is 9.21. The van der Waals surface area contributed by atoms with Crippen molar-refractivity contribution in [2.45, 2.75) is 19.8 Å². The fourth-order valence-corrected chi connectivity index (χ4v) is 2.02. The highest BCUT2D eigenvalue weighted by atomic mass is 35.5. The monoisotopic (exact) mass is 225 g/mol. The minimum absolute atomic E-state index is 0.0320. The van der Waals surface area contributed by atoms with Crippen LogP contribution in [0.4, 0.5) is 0 Å². The molecule has 1 heterocycles. The number of aromatic nitrogens is 1. The molecule has 0 bridgehead atoms. The van der Waals surface area contributed by atoms with Crippen LogP contribution in [0.5, 0.6) is 0 Å². The van der Waals surface area contributed by atoms with Gasteiger partial charge in [0.1, 0.15) is 5.15 Å². The average molecular weight is 226 g/mol. The van der Waals surface area contributed by atoms with Gasteiger partial charge in [-0.15, -0.1) is 0 Å². The number of hydrogen-bond donors (Lipinski definition) is 1. The Hall–Kier alpha value is -0.930. The number of aryl methyl sites for hydroxylation is 1. The van der Waals surface area contributed by atoms with E-state index < -0.39 is 5.41 Å². The summed E-state index contributed by atoms with van der Waals surface area (Å²) in [5.41, 5.74) is 0.698. The van der Waals surface area contributed by atoms with Crippen molar-refractivity contribution in [3.05, 3.63) is 28.5 Å². The molecule has 0 amide bonds. The number of Topliss-reactive ketones (excluding diaryl/α,β-unsaturated/α-hetero) is 1. The van der Waals surface area contributed by atoms with Gasteiger partial charge in [-0.1, -0.05) is 18.5 Å². The van der Waals surface area contributed by atoms with Gasteiger partial charge < -0.3 is 5.11 Å². The van der Waals surface area contributed by atoms with Crippen LogP contribution in [0, 0.1) is 5.41 Å². The molecule has 80 valence electrons. The first kappa shape index (κ1) is 10.6. The summed E-state index contributed by atoms with van der Waals surface area (Å²) in [7, 11) is 0. The molecule has 2 rings (SSSR count). The molecular weight excluding hydrogens is 214 g/mol. The van der Waals surface area contributed by atoms with Crippen LogP contribution in [-0.2, 0) is 6.42 Å². The zero-order valence-electron chi connectivity index (χ0n) is 8.46. The van der Waals surface area contributed by atoms with Crippen molar-refractivity contribution in [1.29, 1.82) is 0 Å². The van der Waals surface area contributed by atoms with Gasteiger partial charge in [-0.25, -0.2) is 4.98 Å². The lowest BCUT2D eigenvalue weighted by Gasteiger charge is -2.30. The van der Waals surface area contributed by atoms with Gasteiger partial charge in [0.2, 0.25) is 0 Å². The molecule has 1 unspecified atom stereocenters. The Labute approximate surface area is 93.1 Å². The van der Waals surface area contributed by atoms with Crippen LogP contribution in [0.2, 0.25) is 5.15 Å². The van der Waals surface area contributed by atoms with Gasteiger partial charge in [0.05, 0.1) is 17.7 Å². The molecule has 0 aromatic carbocycles. The van der Waals surface area contributed by atoms with E-state index in [0.717, 1.165) is 5.69 Å². The van der Waals surface area contributed by atoms with E-state index >= 15 is 0 Å². The highest BCUT2D eigenvalue weighted by molar-refractivity contribution is 6.29. The zero-order chi connectivity index (χ0) is 11.1. The summed E-state index contributed by atoms with van der Waals surface area (Å²) in [6.45, 7) is 1.67. The smallest absolute Gasteiger partial charge is 0.172 e. The molecule has 3 nitrogen and oxygen atoms in total. The number of nitrogens with zero attached hydrogens (tertiary/aromatic N) is 1. The van der Waals surface area contributed by atoms with E-state index in [1.54, 1.807) is 19.1 Å². The molecule has 0 saturated carbocycles. The van der Waals surface area contributed by atoms with Crippen LogP contribution in [0.25, 0.3) is 0 Å². The topological polar surface area (TPSA) is 50.2 Å². The van der Waals surface area contributed by atoms with Crippen LogP contribution < -0.4 is 0 Å². The predicted molar refractivity (Wildman–Crippen MR) is 57.1 cm³/mol. The second kappa shape index (κ2) is 3.58. The molecule has 1 aliphatic rings. The van der Waals surface area contributed by atoms with Gasteiger partial charge in [0.15, 0.2) is 5.78 Å². The molecule has 1 aromatic rings. The van der Waals surface area contributed by atoms with Gasteiger partial charge in [-0.2, -0.15) is 0 Å². The van der Waals surface area contributed by atoms with Crippen LogP contribution in [0.15, 0.2) is 12.1 Å². The fraction of sp³-hybridized carbons (Fsp3) is 0.455. The lowest BCUT2D eigenvalue weighted by atomic mass is 9.74. The van der Waals surface area contributed by atoms with E-state index in [9.17, 15) is 9.90 Å². The minimum atomic E-state index is -0.650. The molecule has 0 saturated heterocycles. The van der Waals surface area contributed by atoms with Crippen molar-refractivity contribution >= 4 is 17.4 Å². The summed E-state index contributed by atoms with van der Waals surface area (Å²) in [5, 5.41) is 9.64. The lowest BCUT2D eigenvalue weighted by molar-refractivity contribution is 0.0639. The van der Waals surface area contributed by atoms with Gasteiger partial charge in [-0.3, -0.25) is 4.79 Å². The van der Waals surface area contributed by atoms with Crippen molar-refractivity contribution in [2.75, 3.05) is 6.61 Å². The largest absolute Gasteiger partial charge is 0.395 e. The van der Waals surface area contributed by atoms with Crippen molar-refractivity contribution in [3.8, 4) is 0 Å². The summed E-state index contributed by atoms with van der Waals surface area (Å²) in [4.78, 5) is 16.2. The quantitative estimate of drug-likeness (QED) is 0.743. The number of fused-ring (bicyclic) bond motifs is 1. The van der Waals surface area contributed by atoms with Gasteiger partial charge >= 0.3 is 0 Å². The first-order chi connectivity index (χ1) is 7.07. The Bertz CT molecular complexity index is 419. The summed E-state index contributed by atoms with van der Waals surface area (Å²) < 4.78 is 0. The summed E-state index contributed by atoms with van der Waals surface area (Å²) in [6, 6.07) is 3.31. The Kier molecular flexibility index (Phi) is 2.52. The van der Waals surface area contributed by atoms with Crippen molar-refractivity contribution in [1.82, 2.24) is 4.98 Å². The van der Waals surface area contributed by atoms with E-state index in [1.807, 2.05) is 0 Å². The Morgan fingerprint density at radius 2 is 2.33 bits per heavy atom. The number of carbonyl (C=O) groups is 1. The Morgan fingerprint density at radius 1 is 1.60 bits per heavy atom. The molecular formula is C11H12ClNO2. The third-order valence-electron chi connectivity index (χ3n) is 3.00. The normalized spacial score (nSPS) is 25.1. The van der Waals surface area contributed by atoms with Crippen LogP contribution >= 0.6 is 11.6 Å². The van der Waals surface area contributed by atoms with E-state index in [2.05, 4.69) is 4.98 Å². The standard InChI is InChI=1S/C11H12ClNO2/c1-11(6-14)5-4-8-7(10(11)15)2-3-9(12)13-8/h2-3,14H,4-6H2,1H3. The Balaban J connectivity index is 2.47. The van der Waals surface area contributed by atoms with Crippen LogP contribution in [0.3, 0.4) is 0 Å². The molecule has 1 aromatic heterocycles. The number of carbonyl (C=O) groups excluding carboxylic acids is 1. The van der Waals surface area contributed by atoms with E-state index in [0.29, 0.717) is 23.6 Å². The van der Waals surface area contributed by atoms with E-state index in [4.69, 9.17) is 11.6 Å². The first-order valence-electron chi connectivity index (χ1n) is 4.88. The van der Waals surface area contributed by atoms with Gasteiger partial charge in [0, 0.05) is 5.56 Å². The molecule has 0 fully saturated rings. The second-order valence-corrected chi connectivity index (χ2v) is 4.56. The molecule has 0 aliphatic heterocycles. The highest BCUT2D eigenvalue weighted by Crippen LogP contribution is 2.34. The third kappa shape index (κ3) is 1.66. The van der Waals surface area contributed by atoms with Crippen LogP contribution in [-0.4, -0.2) is 22.5 Å². The SMILES string of the molecule is CC1(CO)CCc2nc(Cl)ccc2C1=O. The first-order valence-corrected chi connectivity index (χ1v) is 5.26. The van der Waals surface area contributed by atoms with Gasteiger partial charge in [-0.05, 0) is 25.0 Å². The minimum Gasteiger partial charge on any atom is -0.395 e. The number of aliphatic hydroxyl groups excluding tert-OH is 1. The third-order valence-corrected chi connectivity index (χ3v) is 3.21. The maximum absolute atomic E-state index is 12.0. The van der Waals surface area contributed by atoms with Crippen LogP contribution in [0.1, 0.15) is 29.4 Å². The summed E-state index contributed by atoms with van der Waals surface area (Å²) in [5.74, 6) is -0.0320. The molecule has 15 heavy (non-hydrogen) atoms. The number of hydrogen-bond acceptors (Lipinski definition) is 3. The lowest BCUT2D eigenvalue weighted by Crippen LogP contribution is -2.36. The van der Waals surface area contributed by atoms with E-state index in [1.165, 1.54) is 0 Å².